The molecular weight excluding hydrogens is 665 g/mol. The normalized spacial score (nSPS) is 10.7. The molecule has 6 rings (SSSR count). The first-order valence-electron chi connectivity index (χ1n) is 12.5. The zero-order chi connectivity index (χ0) is 24.7. The molecule has 6 aromatic carbocycles. The van der Waals surface area contributed by atoms with E-state index in [-0.39, 0.29) is 27.7 Å². The predicted molar refractivity (Wildman–Crippen MR) is 163 cm³/mol. The fourth-order valence-electron chi connectivity index (χ4n) is 4.79. The fraction of sp³-hybridized carbons (Fsp3) is 0.0588. The average Bonchev–Trinajstić information content (AvgIpc) is 2.97. The maximum Gasteiger partial charge on any atom is 0.119 e. The van der Waals surface area contributed by atoms with Crippen molar-refractivity contribution in [3.8, 4) is 0 Å². The molecule has 0 aliphatic heterocycles. The smallest absolute Gasteiger partial charge is 0.0628 e. The van der Waals surface area contributed by atoms with Crippen LogP contribution >= 0.6 is 0 Å². The van der Waals surface area contributed by atoms with E-state index in [0.29, 0.717) is 0 Å². The summed E-state index contributed by atoms with van der Waals surface area (Å²) in [6.45, 7) is 4.75. The number of rotatable bonds is 4. The molecule has 0 heterocycles. The summed E-state index contributed by atoms with van der Waals surface area (Å²) in [5.74, 6) is 0. The predicted octanol–water partition coefficient (Wildman–Crippen LogP) is 6.15. The summed E-state index contributed by atoms with van der Waals surface area (Å²) in [6.07, 6.45) is 0. The van der Waals surface area contributed by atoms with Crippen LogP contribution in [0.25, 0.3) is 21.5 Å². The van der Waals surface area contributed by atoms with Gasteiger partial charge < -0.3 is 0 Å². The van der Waals surface area contributed by atoms with Crippen molar-refractivity contribution in [1.82, 2.24) is 0 Å². The van der Waals surface area contributed by atoms with Gasteiger partial charge in [-0.1, -0.05) is 169 Å². The van der Waals surface area contributed by atoms with E-state index < -0.39 is 17.6 Å². The first kappa shape index (κ1) is 27.2. The molecule has 0 amide bonds. The van der Waals surface area contributed by atoms with Crippen LogP contribution in [0, 0.1) is 0 Å². The van der Waals surface area contributed by atoms with Crippen molar-refractivity contribution >= 4 is 59.9 Å². The molecule has 0 bridgehead atoms. The van der Waals surface area contributed by atoms with Crippen molar-refractivity contribution in [3.05, 3.63) is 146 Å². The maximum atomic E-state index is 2.38. The Balaban J connectivity index is 0.000000168. The van der Waals surface area contributed by atoms with Gasteiger partial charge in [0.25, 0.3) is 0 Å². The molecule has 37 heavy (non-hydrogen) atoms. The number of hydrogen-bond donors (Lipinski definition) is 0. The molecule has 2 radical (unpaired) electrons. The molecule has 176 valence electrons. The van der Waals surface area contributed by atoms with Crippen LogP contribution in [0.5, 0.6) is 0 Å². The summed E-state index contributed by atoms with van der Waals surface area (Å²) >= 11 is 0. The molecule has 0 unspecified atom stereocenters. The van der Waals surface area contributed by atoms with E-state index in [1.165, 1.54) is 42.3 Å². The zero-order valence-electron chi connectivity index (χ0n) is 21.6. The number of hydrogen-bond acceptors (Lipinski definition) is 0. The molecule has 0 aliphatic rings. The second-order valence-electron chi connectivity index (χ2n) is 9.04. The fourth-order valence-corrected chi connectivity index (χ4v) is 8.75. The van der Waals surface area contributed by atoms with Crippen LogP contribution in [-0.4, -0.2) is 17.6 Å². The van der Waals surface area contributed by atoms with Crippen LogP contribution in [0.4, 0.5) is 0 Å². The van der Waals surface area contributed by atoms with Gasteiger partial charge in [-0.25, -0.2) is 0 Å². The van der Waals surface area contributed by atoms with Gasteiger partial charge in [0, 0.05) is 27.7 Å². The van der Waals surface area contributed by atoms with Crippen molar-refractivity contribution in [2.24, 2.45) is 0 Å². The standard InChI is InChI=1S/2C17H15Si.Hg/c2*1-18(15-10-3-2-4-11-15)17-13-7-9-14-8-5-6-12-16(14)17;/h2*2-13H,1H3;. The van der Waals surface area contributed by atoms with E-state index in [9.17, 15) is 0 Å². The van der Waals surface area contributed by atoms with E-state index in [0.717, 1.165) is 0 Å². The summed E-state index contributed by atoms with van der Waals surface area (Å²) in [5.41, 5.74) is 0. The third-order valence-corrected chi connectivity index (χ3v) is 11.7. The zero-order valence-corrected chi connectivity index (χ0v) is 29.1. The molecule has 0 fully saturated rings. The molecule has 6 aromatic rings. The van der Waals surface area contributed by atoms with Gasteiger partial charge in [-0.15, -0.1) is 0 Å². The molecule has 0 saturated carbocycles. The van der Waals surface area contributed by atoms with Crippen LogP contribution in [0.15, 0.2) is 146 Å². The van der Waals surface area contributed by atoms with Crippen LogP contribution < -0.4 is 20.7 Å². The summed E-state index contributed by atoms with van der Waals surface area (Å²) in [4.78, 5) is 0. The largest absolute Gasteiger partial charge is 0.119 e. The van der Waals surface area contributed by atoms with E-state index in [1.807, 2.05) is 0 Å². The average molecular weight is 695 g/mol. The Morgan fingerprint density at radius 2 is 0.676 bits per heavy atom. The van der Waals surface area contributed by atoms with Gasteiger partial charge >= 0.3 is 0 Å². The minimum absolute atomic E-state index is 0. The monoisotopic (exact) mass is 696 g/mol. The molecule has 0 nitrogen and oxygen atoms in total. The van der Waals surface area contributed by atoms with Gasteiger partial charge in [0.15, 0.2) is 0 Å². The van der Waals surface area contributed by atoms with Gasteiger partial charge in [0.2, 0.25) is 0 Å². The maximum absolute atomic E-state index is 2.38. The van der Waals surface area contributed by atoms with Crippen molar-refractivity contribution in [3.63, 3.8) is 0 Å². The summed E-state index contributed by atoms with van der Waals surface area (Å²) < 4.78 is 0. The van der Waals surface area contributed by atoms with Gasteiger partial charge in [-0.3, -0.25) is 0 Å². The van der Waals surface area contributed by atoms with Crippen molar-refractivity contribution < 1.29 is 27.7 Å². The third kappa shape index (κ3) is 6.38. The van der Waals surface area contributed by atoms with E-state index in [2.05, 4.69) is 159 Å². The van der Waals surface area contributed by atoms with Gasteiger partial charge in [0.05, 0.1) is 0 Å². The molecule has 0 saturated heterocycles. The minimum Gasteiger partial charge on any atom is -0.0628 e. The van der Waals surface area contributed by atoms with Crippen molar-refractivity contribution in [2.75, 3.05) is 0 Å². The Labute approximate surface area is 244 Å². The number of fused-ring (bicyclic) bond motifs is 2. The molecular formula is C34H30HgSi2. The Hall–Kier alpha value is -2.79. The molecule has 3 heteroatoms. The Kier molecular flexibility index (Phi) is 9.68. The molecule has 0 atom stereocenters. The summed E-state index contributed by atoms with van der Waals surface area (Å²) in [6, 6.07) is 52.3. The first-order valence-corrected chi connectivity index (χ1v) is 16.5. The van der Waals surface area contributed by atoms with Gasteiger partial charge in [-0.2, -0.15) is 0 Å². The summed E-state index contributed by atoms with van der Waals surface area (Å²) in [7, 11) is -1.34. The van der Waals surface area contributed by atoms with Crippen LogP contribution in [0.2, 0.25) is 13.1 Å². The topological polar surface area (TPSA) is 0 Å². The summed E-state index contributed by atoms with van der Waals surface area (Å²) in [5, 5.41) is 11.4. The SMILES string of the molecule is C[Si](c1ccccc1)c1cccc2ccccc12.C[Si](c1ccccc1)c1cccc2ccccc12.[Hg]. The third-order valence-electron chi connectivity index (χ3n) is 6.80. The second kappa shape index (κ2) is 13.1. The minimum atomic E-state index is -0.670. The molecule has 0 aliphatic carbocycles. The van der Waals surface area contributed by atoms with Crippen molar-refractivity contribution in [2.45, 2.75) is 13.1 Å². The number of benzene rings is 6. The Bertz CT molecular complexity index is 1430. The molecule has 0 aromatic heterocycles. The van der Waals surface area contributed by atoms with Gasteiger partial charge in [-0.05, 0) is 31.9 Å². The quantitative estimate of drug-likeness (QED) is 0.194. The Morgan fingerprint density at radius 3 is 1.08 bits per heavy atom. The second-order valence-corrected chi connectivity index (χ2v) is 13.8. The van der Waals surface area contributed by atoms with Crippen LogP contribution in [0.1, 0.15) is 0 Å². The molecule has 0 N–H and O–H groups in total. The van der Waals surface area contributed by atoms with E-state index >= 15 is 0 Å². The van der Waals surface area contributed by atoms with Gasteiger partial charge in [0.1, 0.15) is 17.6 Å². The van der Waals surface area contributed by atoms with Crippen molar-refractivity contribution in [1.29, 1.82) is 0 Å². The van der Waals surface area contributed by atoms with Crippen LogP contribution in [-0.2, 0) is 27.7 Å². The van der Waals surface area contributed by atoms with E-state index in [1.54, 1.807) is 0 Å². The molecule has 0 spiro atoms. The van der Waals surface area contributed by atoms with Crippen LogP contribution in [0.3, 0.4) is 0 Å². The Morgan fingerprint density at radius 1 is 0.351 bits per heavy atom. The first-order chi connectivity index (χ1) is 17.7. The van der Waals surface area contributed by atoms with E-state index in [4.69, 9.17) is 0 Å².